The highest BCUT2D eigenvalue weighted by Gasteiger charge is 2.40. The van der Waals surface area contributed by atoms with Gasteiger partial charge in [-0.3, -0.25) is 4.79 Å². The summed E-state index contributed by atoms with van der Waals surface area (Å²) in [5, 5.41) is 27.6. The van der Waals surface area contributed by atoms with Crippen molar-refractivity contribution in [2.75, 3.05) is 6.61 Å². The number of hydrogen-bond acceptors (Lipinski definition) is 4. The first-order chi connectivity index (χ1) is 8.82. The number of aliphatic hydroxyl groups is 1. The largest absolute Gasteiger partial charge is 0.481 e. The predicted octanol–water partition coefficient (Wildman–Crippen LogP) is 2.08. The average Bonchev–Trinajstić information content (AvgIpc) is 2.24. The summed E-state index contributed by atoms with van der Waals surface area (Å²) >= 11 is 0. The minimum absolute atomic E-state index is 0.00456. The molecule has 0 radical (unpaired) electrons. The van der Waals surface area contributed by atoms with E-state index in [1.807, 2.05) is 13.1 Å². The molecule has 0 bridgehead atoms. The van der Waals surface area contributed by atoms with Crippen molar-refractivity contribution >= 4 is 20.3 Å². The molecule has 6 nitrogen and oxygen atoms in total. The predicted molar refractivity (Wildman–Crippen MR) is 77.2 cm³/mol. The molecular weight excluding hydrogens is 280 g/mol. The van der Waals surface area contributed by atoms with Crippen LogP contribution >= 0.6 is 0 Å². The molecule has 0 aliphatic carbocycles. The lowest BCUT2D eigenvalue weighted by molar-refractivity contribution is -0.161. The maximum absolute atomic E-state index is 11.1. The van der Waals surface area contributed by atoms with Gasteiger partial charge < -0.3 is 19.7 Å². The van der Waals surface area contributed by atoms with Gasteiger partial charge in [-0.15, -0.1) is 0 Å². The Morgan fingerprint density at radius 1 is 1.10 bits per heavy atom. The summed E-state index contributed by atoms with van der Waals surface area (Å²) in [4.78, 5) is 21.6. The molecule has 0 aromatic carbocycles. The first-order valence-corrected chi connectivity index (χ1v) is 9.54. The van der Waals surface area contributed by atoms with Gasteiger partial charge in [0.1, 0.15) is 0 Å². The number of rotatable bonds is 8. The van der Waals surface area contributed by atoms with Crippen molar-refractivity contribution in [1.29, 1.82) is 0 Å². The zero-order chi connectivity index (χ0) is 16.2. The quantitative estimate of drug-likeness (QED) is 0.593. The first kappa shape index (κ1) is 19.1. The van der Waals surface area contributed by atoms with Gasteiger partial charge in [0.05, 0.1) is 0 Å². The topological polar surface area (TPSA) is 104 Å². The van der Waals surface area contributed by atoms with Crippen molar-refractivity contribution in [2.24, 2.45) is 0 Å². The normalized spacial score (nSPS) is 15.7. The third-order valence-corrected chi connectivity index (χ3v) is 8.47. The molecule has 0 saturated carbocycles. The second kappa shape index (κ2) is 6.69. The number of carbonyl (C=O) groups is 2. The number of aliphatic carboxylic acids is 2. The smallest absolute Gasteiger partial charge is 0.335 e. The van der Waals surface area contributed by atoms with Crippen LogP contribution in [0.5, 0.6) is 0 Å². The van der Waals surface area contributed by atoms with E-state index < -0.39 is 25.9 Å². The van der Waals surface area contributed by atoms with Crippen LogP contribution in [0.4, 0.5) is 0 Å². The van der Waals surface area contributed by atoms with Gasteiger partial charge in [-0.25, -0.2) is 4.79 Å². The highest BCUT2D eigenvalue weighted by atomic mass is 28.4. The molecule has 0 aromatic heterocycles. The molecular formula is C13H26O6Si. The van der Waals surface area contributed by atoms with Crippen molar-refractivity contribution in [1.82, 2.24) is 0 Å². The van der Waals surface area contributed by atoms with Gasteiger partial charge in [0.2, 0.25) is 0 Å². The van der Waals surface area contributed by atoms with Gasteiger partial charge in [0, 0.05) is 19.4 Å². The van der Waals surface area contributed by atoms with Crippen molar-refractivity contribution in [3.05, 3.63) is 0 Å². The van der Waals surface area contributed by atoms with Crippen molar-refractivity contribution in [3.8, 4) is 0 Å². The van der Waals surface area contributed by atoms with E-state index in [4.69, 9.17) is 14.6 Å². The lowest BCUT2D eigenvalue weighted by Gasteiger charge is -2.37. The Kier molecular flexibility index (Phi) is 6.38. The average molecular weight is 306 g/mol. The standard InChI is InChI=1S/C13H26O6Si/c1-12(2,3)20(4,5)19-9-8-13(18,11(16)17)7-6-10(14)15/h18H,6-9H2,1-5H3,(H,14,15)(H,16,17)/t13-/m1/s1. The van der Waals surface area contributed by atoms with Crippen molar-refractivity contribution in [3.63, 3.8) is 0 Å². The van der Waals surface area contributed by atoms with E-state index in [0.29, 0.717) is 0 Å². The third kappa shape index (κ3) is 5.60. The molecule has 0 aliphatic heterocycles. The van der Waals surface area contributed by atoms with E-state index in [2.05, 4.69) is 20.8 Å². The molecule has 0 aliphatic rings. The minimum atomic E-state index is -2.04. The monoisotopic (exact) mass is 306 g/mol. The molecule has 0 unspecified atom stereocenters. The van der Waals surface area contributed by atoms with Gasteiger partial charge >= 0.3 is 11.9 Å². The summed E-state index contributed by atoms with van der Waals surface area (Å²) in [6.45, 7) is 10.4. The molecule has 0 fully saturated rings. The summed E-state index contributed by atoms with van der Waals surface area (Å²) in [5.74, 6) is -2.53. The zero-order valence-electron chi connectivity index (χ0n) is 12.9. The van der Waals surface area contributed by atoms with Gasteiger partial charge in [-0.05, 0) is 24.6 Å². The lowest BCUT2D eigenvalue weighted by Crippen LogP contribution is -2.44. The van der Waals surface area contributed by atoms with Crippen LogP contribution in [0.15, 0.2) is 0 Å². The van der Waals surface area contributed by atoms with E-state index in [0.717, 1.165) is 0 Å². The summed E-state index contributed by atoms with van der Waals surface area (Å²) in [6.07, 6.45) is -0.816. The maximum Gasteiger partial charge on any atom is 0.335 e. The fraction of sp³-hybridized carbons (Fsp3) is 0.846. The van der Waals surface area contributed by atoms with Crippen LogP contribution in [-0.4, -0.2) is 47.8 Å². The van der Waals surface area contributed by atoms with Gasteiger partial charge in [0.15, 0.2) is 13.9 Å². The lowest BCUT2D eigenvalue weighted by atomic mass is 9.94. The molecule has 1 atom stereocenters. The Bertz CT molecular complexity index is 360. The summed E-state index contributed by atoms with van der Waals surface area (Å²) in [7, 11) is -2.00. The highest BCUT2D eigenvalue weighted by Crippen LogP contribution is 2.36. The molecule has 3 N–H and O–H groups in total. The molecule has 0 rings (SSSR count). The van der Waals surface area contributed by atoms with E-state index >= 15 is 0 Å². The first-order valence-electron chi connectivity index (χ1n) is 6.63. The molecule has 0 heterocycles. The fourth-order valence-electron chi connectivity index (χ4n) is 1.34. The molecule has 0 amide bonds. The maximum atomic E-state index is 11.1. The van der Waals surface area contributed by atoms with E-state index in [1.54, 1.807) is 0 Å². The third-order valence-electron chi connectivity index (χ3n) is 3.94. The Labute approximate surface area is 120 Å². The number of hydrogen-bond donors (Lipinski definition) is 3. The van der Waals surface area contributed by atoms with Gasteiger partial charge in [-0.2, -0.15) is 0 Å². The number of carboxylic acids is 2. The Morgan fingerprint density at radius 3 is 1.95 bits per heavy atom. The van der Waals surface area contributed by atoms with E-state index in [1.165, 1.54) is 0 Å². The summed E-state index contributed by atoms with van der Waals surface area (Å²) in [5.41, 5.74) is -2.04. The van der Waals surface area contributed by atoms with Crippen LogP contribution in [0.2, 0.25) is 18.1 Å². The minimum Gasteiger partial charge on any atom is -0.481 e. The fourth-order valence-corrected chi connectivity index (χ4v) is 2.39. The highest BCUT2D eigenvalue weighted by molar-refractivity contribution is 6.74. The molecule has 7 heteroatoms. The Morgan fingerprint density at radius 2 is 1.60 bits per heavy atom. The molecule has 20 heavy (non-hydrogen) atoms. The van der Waals surface area contributed by atoms with Gasteiger partial charge in [0.25, 0.3) is 0 Å². The summed E-state index contributed by atoms with van der Waals surface area (Å²) in [6, 6.07) is 0. The van der Waals surface area contributed by atoms with Crippen LogP contribution in [0.25, 0.3) is 0 Å². The molecule has 0 aromatic rings. The molecule has 118 valence electrons. The van der Waals surface area contributed by atoms with Crippen molar-refractivity contribution < 1.29 is 29.3 Å². The van der Waals surface area contributed by atoms with E-state index in [9.17, 15) is 14.7 Å². The second-order valence-electron chi connectivity index (χ2n) is 6.59. The second-order valence-corrected chi connectivity index (χ2v) is 11.4. The Balaban J connectivity index is 4.57. The van der Waals surface area contributed by atoms with Crippen LogP contribution in [0.3, 0.4) is 0 Å². The number of carboxylic acid groups (broad SMARTS) is 2. The molecule has 0 saturated heterocycles. The van der Waals surface area contributed by atoms with Gasteiger partial charge in [-0.1, -0.05) is 20.8 Å². The zero-order valence-corrected chi connectivity index (χ0v) is 13.9. The summed E-state index contributed by atoms with van der Waals surface area (Å²) < 4.78 is 5.81. The van der Waals surface area contributed by atoms with Crippen LogP contribution in [0.1, 0.15) is 40.0 Å². The van der Waals surface area contributed by atoms with Crippen molar-refractivity contribution in [2.45, 2.75) is 63.8 Å². The molecule has 0 spiro atoms. The van der Waals surface area contributed by atoms with Crippen LogP contribution in [-0.2, 0) is 14.0 Å². The SMILES string of the molecule is CC(C)(C)[Si](C)(C)OCC[C@](O)(CCC(=O)O)C(=O)O. The Hall–Kier alpha value is -0.923. The van der Waals surface area contributed by atoms with Crippen LogP contribution < -0.4 is 0 Å². The van der Waals surface area contributed by atoms with Crippen LogP contribution in [0, 0.1) is 0 Å². The van der Waals surface area contributed by atoms with E-state index in [-0.39, 0.29) is 30.9 Å².